The van der Waals surface area contributed by atoms with E-state index in [0.717, 1.165) is 0 Å². The monoisotopic (exact) mass is 260 g/mol. The first kappa shape index (κ1) is 14.2. The van der Waals surface area contributed by atoms with Crippen LogP contribution >= 0.6 is 11.8 Å². The fraction of sp³-hybridized carbons (Fsp3) is 0.818. The highest BCUT2D eigenvalue weighted by Crippen LogP contribution is 2.23. The van der Waals surface area contributed by atoms with Crippen LogP contribution in [0.1, 0.15) is 27.7 Å². The predicted octanol–water partition coefficient (Wildman–Crippen LogP) is 1.59. The van der Waals surface area contributed by atoms with Gasteiger partial charge in [0.15, 0.2) is 0 Å². The van der Waals surface area contributed by atoms with Crippen molar-refractivity contribution in [1.29, 1.82) is 0 Å². The van der Waals surface area contributed by atoms with E-state index < -0.39 is 12.0 Å². The van der Waals surface area contributed by atoms with E-state index in [9.17, 15) is 9.59 Å². The lowest BCUT2D eigenvalue weighted by atomic mass is 9.88. The maximum atomic E-state index is 12.0. The van der Waals surface area contributed by atoms with E-state index in [0.29, 0.717) is 11.6 Å². The van der Waals surface area contributed by atoms with Gasteiger partial charge in [-0.3, -0.25) is 0 Å². The van der Waals surface area contributed by atoms with Crippen LogP contribution in [-0.2, 0) is 4.79 Å². The van der Waals surface area contributed by atoms with E-state index in [2.05, 4.69) is 5.32 Å². The molecule has 0 bridgehead atoms. The van der Waals surface area contributed by atoms with Crippen LogP contribution < -0.4 is 5.32 Å². The molecule has 0 aromatic rings. The lowest BCUT2D eigenvalue weighted by Gasteiger charge is -2.31. The maximum Gasteiger partial charge on any atom is 0.327 e. The Hall–Kier alpha value is -0.910. The molecule has 1 rings (SSSR count). The Morgan fingerprint density at radius 3 is 2.53 bits per heavy atom. The van der Waals surface area contributed by atoms with Gasteiger partial charge < -0.3 is 15.3 Å². The number of carboxylic acids is 1. The number of hydrogen-bond donors (Lipinski definition) is 2. The standard InChI is InChI=1S/C11H20N2O3S/c1-7(11(2,3)4)12-10(16)13-6-17-5-8(13)9(14)15/h7-8H,5-6H2,1-4H3,(H,12,16)(H,14,15)/t7?,8-/m0/s1. The van der Waals surface area contributed by atoms with Crippen LogP contribution in [0.5, 0.6) is 0 Å². The quantitative estimate of drug-likeness (QED) is 0.791. The summed E-state index contributed by atoms with van der Waals surface area (Å²) in [4.78, 5) is 24.3. The smallest absolute Gasteiger partial charge is 0.327 e. The van der Waals surface area contributed by atoms with Crippen molar-refractivity contribution in [2.24, 2.45) is 5.41 Å². The first-order valence-electron chi connectivity index (χ1n) is 5.61. The van der Waals surface area contributed by atoms with Gasteiger partial charge in [0.2, 0.25) is 0 Å². The minimum Gasteiger partial charge on any atom is -0.480 e. The van der Waals surface area contributed by atoms with Gasteiger partial charge in [-0.1, -0.05) is 20.8 Å². The third kappa shape index (κ3) is 3.52. The molecule has 1 aliphatic rings. The van der Waals surface area contributed by atoms with Crippen LogP contribution in [0.3, 0.4) is 0 Å². The second-order valence-corrected chi connectivity index (χ2v) is 6.36. The molecule has 1 fully saturated rings. The minimum atomic E-state index is -0.937. The van der Waals surface area contributed by atoms with Crippen molar-refractivity contribution in [3.63, 3.8) is 0 Å². The van der Waals surface area contributed by atoms with Crippen LogP contribution in [-0.4, -0.2) is 45.7 Å². The molecule has 0 aromatic heterocycles. The maximum absolute atomic E-state index is 12.0. The fourth-order valence-electron chi connectivity index (χ4n) is 1.33. The highest BCUT2D eigenvalue weighted by molar-refractivity contribution is 7.99. The Bertz CT molecular complexity index is 314. The summed E-state index contributed by atoms with van der Waals surface area (Å²) >= 11 is 1.47. The van der Waals surface area contributed by atoms with Gasteiger partial charge in [0, 0.05) is 11.8 Å². The number of carbonyl (C=O) groups excluding carboxylic acids is 1. The fourth-order valence-corrected chi connectivity index (χ4v) is 2.48. The predicted molar refractivity (Wildman–Crippen MR) is 68.0 cm³/mol. The van der Waals surface area contributed by atoms with E-state index in [1.165, 1.54) is 16.7 Å². The number of amides is 2. The second kappa shape index (κ2) is 5.16. The third-order valence-corrected chi connectivity index (χ3v) is 4.08. The van der Waals surface area contributed by atoms with Gasteiger partial charge in [-0.05, 0) is 12.3 Å². The molecule has 0 radical (unpaired) electrons. The zero-order chi connectivity index (χ0) is 13.2. The molecule has 0 saturated carbocycles. The van der Waals surface area contributed by atoms with Gasteiger partial charge in [-0.2, -0.15) is 0 Å². The molecular weight excluding hydrogens is 240 g/mol. The molecule has 1 aliphatic heterocycles. The number of urea groups is 1. The number of carbonyl (C=O) groups is 2. The molecule has 1 unspecified atom stereocenters. The van der Waals surface area contributed by atoms with Gasteiger partial charge in [0.1, 0.15) is 6.04 Å². The molecule has 0 aromatic carbocycles. The Morgan fingerprint density at radius 1 is 1.47 bits per heavy atom. The molecule has 2 atom stereocenters. The van der Waals surface area contributed by atoms with Gasteiger partial charge in [-0.15, -0.1) is 11.8 Å². The van der Waals surface area contributed by atoms with Crippen LogP contribution in [0.15, 0.2) is 0 Å². The molecule has 0 aliphatic carbocycles. The molecule has 0 spiro atoms. The topological polar surface area (TPSA) is 69.6 Å². The molecule has 1 heterocycles. The Morgan fingerprint density at radius 2 is 2.06 bits per heavy atom. The number of thioether (sulfide) groups is 1. The summed E-state index contributed by atoms with van der Waals surface area (Å²) in [6.07, 6.45) is 0. The highest BCUT2D eigenvalue weighted by Gasteiger charge is 2.35. The molecule has 17 heavy (non-hydrogen) atoms. The number of aliphatic carboxylic acids is 1. The number of carboxylic acid groups (broad SMARTS) is 1. The molecule has 2 N–H and O–H groups in total. The minimum absolute atomic E-state index is 0.00459. The Balaban J connectivity index is 2.61. The van der Waals surface area contributed by atoms with E-state index in [-0.39, 0.29) is 17.5 Å². The van der Waals surface area contributed by atoms with Gasteiger partial charge in [0.25, 0.3) is 0 Å². The molecule has 6 heteroatoms. The SMILES string of the molecule is CC(NC(=O)N1CSC[C@H]1C(=O)O)C(C)(C)C. The van der Waals surface area contributed by atoms with Crippen LogP contribution in [0.2, 0.25) is 0 Å². The van der Waals surface area contributed by atoms with Crippen molar-refractivity contribution in [2.75, 3.05) is 11.6 Å². The third-order valence-electron chi connectivity index (χ3n) is 3.07. The molecule has 98 valence electrons. The normalized spacial score (nSPS) is 22.4. The van der Waals surface area contributed by atoms with E-state index in [4.69, 9.17) is 5.11 Å². The summed E-state index contributed by atoms with van der Waals surface area (Å²) in [5.41, 5.74) is -0.0404. The zero-order valence-corrected chi connectivity index (χ0v) is 11.5. The number of nitrogens with zero attached hydrogens (tertiary/aromatic N) is 1. The second-order valence-electron chi connectivity index (χ2n) is 5.36. The van der Waals surface area contributed by atoms with Gasteiger partial charge in [0.05, 0.1) is 5.88 Å². The van der Waals surface area contributed by atoms with Crippen LogP contribution in [0.25, 0.3) is 0 Å². The van der Waals surface area contributed by atoms with Crippen LogP contribution in [0.4, 0.5) is 4.79 Å². The van der Waals surface area contributed by atoms with Crippen molar-refractivity contribution in [2.45, 2.75) is 39.8 Å². The summed E-state index contributed by atoms with van der Waals surface area (Å²) in [6, 6.07) is -0.993. The highest BCUT2D eigenvalue weighted by atomic mass is 32.2. The summed E-state index contributed by atoms with van der Waals surface area (Å²) in [5, 5.41) is 11.8. The first-order valence-corrected chi connectivity index (χ1v) is 6.76. The Labute approximate surface area is 106 Å². The Kier molecular flexibility index (Phi) is 4.30. The summed E-state index contributed by atoms with van der Waals surface area (Å²) in [6.45, 7) is 8.03. The van der Waals surface area contributed by atoms with E-state index in [1.54, 1.807) is 0 Å². The number of rotatable bonds is 2. The van der Waals surface area contributed by atoms with E-state index in [1.807, 2.05) is 27.7 Å². The summed E-state index contributed by atoms with van der Waals surface area (Å²) < 4.78 is 0. The van der Waals surface area contributed by atoms with Crippen LogP contribution in [0, 0.1) is 5.41 Å². The van der Waals surface area contributed by atoms with Crippen molar-refractivity contribution in [1.82, 2.24) is 10.2 Å². The lowest BCUT2D eigenvalue weighted by Crippen LogP contribution is -2.51. The van der Waals surface area contributed by atoms with Gasteiger partial charge >= 0.3 is 12.0 Å². The zero-order valence-electron chi connectivity index (χ0n) is 10.7. The van der Waals surface area contributed by atoms with Crippen molar-refractivity contribution >= 4 is 23.8 Å². The van der Waals surface area contributed by atoms with Crippen molar-refractivity contribution in [3.05, 3.63) is 0 Å². The number of nitrogens with one attached hydrogen (secondary N) is 1. The molecule has 1 saturated heterocycles. The lowest BCUT2D eigenvalue weighted by molar-refractivity contribution is -0.140. The average Bonchev–Trinajstić information content (AvgIpc) is 2.63. The first-order chi connectivity index (χ1) is 7.73. The van der Waals surface area contributed by atoms with E-state index >= 15 is 0 Å². The molecule has 5 nitrogen and oxygen atoms in total. The summed E-state index contributed by atoms with van der Waals surface area (Å²) in [7, 11) is 0. The summed E-state index contributed by atoms with van der Waals surface area (Å²) in [5.74, 6) is -0.0275. The van der Waals surface area contributed by atoms with Crippen molar-refractivity contribution < 1.29 is 14.7 Å². The van der Waals surface area contributed by atoms with Gasteiger partial charge in [-0.25, -0.2) is 9.59 Å². The molecule has 2 amide bonds. The van der Waals surface area contributed by atoms with Crippen molar-refractivity contribution in [3.8, 4) is 0 Å². The molecular formula is C11H20N2O3S. The average molecular weight is 260 g/mol. The largest absolute Gasteiger partial charge is 0.480 e. The number of hydrogen-bond acceptors (Lipinski definition) is 3.